The number of benzene rings is 1. The van der Waals surface area contributed by atoms with Crippen LogP contribution in [0, 0.1) is 0 Å². The SMILES string of the molecule is FN(F)C(F)(F)Cc1ccccc1. The van der Waals surface area contributed by atoms with E-state index in [2.05, 4.69) is 0 Å². The summed E-state index contributed by atoms with van der Waals surface area (Å²) in [6.45, 7) is 0. The van der Waals surface area contributed by atoms with Crippen molar-refractivity contribution >= 4 is 0 Å². The Balaban J connectivity index is 2.69. The summed E-state index contributed by atoms with van der Waals surface area (Å²) >= 11 is 0. The molecule has 0 aromatic heterocycles. The summed E-state index contributed by atoms with van der Waals surface area (Å²) in [6.07, 6.45) is -0.985. The van der Waals surface area contributed by atoms with Crippen molar-refractivity contribution in [3.8, 4) is 0 Å². The van der Waals surface area contributed by atoms with E-state index in [1.807, 2.05) is 0 Å². The fraction of sp³-hybridized carbons (Fsp3) is 0.250. The highest BCUT2D eigenvalue weighted by atomic mass is 19.4. The molecule has 0 unspecified atom stereocenters. The second-order valence-electron chi connectivity index (χ2n) is 2.56. The van der Waals surface area contributed by atoms with Crippen LogP contribution < -0.4 is 0 Å². The van der Waals surface area contributed by atoms with Crippen LogP contribution >= 0.6 is 0 Å². The average Bonchev–Trinajstić information content (AvgIpc) is 2.05. The van der Waals surface area contributed by atoms with Crippen LogP contribution in [0.15, 0.2) is 30.3 Å². The maximum absolute atomic E-state index is 12.4. The molecule has 0 amide bonds. The lowest BCUT2D eigenvalue weighted by atomic mass is 10.1. The summed E-state index contributed by atoms with van der Waals surface area (Å²) in [7, 11) is 0. The zero-order valence-corrected chi connectivity index (χ0v) is 6.55. The number of alkyl halides is 2. The van der Waals surface area contributed by atoms with Gasteiger partial charge < -0.3 is 0 Å². The van der Waals surface area contributed by atoms with E-state index in [4.69, 9.17) is 0 Å². The van der Waals surface area contributed by atoms with Crippen LogP contribution in [0.2, 0.25) is 0 Å². The van der Waals surface area contributed by atoms with Crippen molar-refractivity contribution in [1.29, 1.82) is 0 Å². The quantitative estimate of drug-likeness (QED) is 0.405. The van der Waals surface area contributed by atoms with E-state index in [1.54, 1.807) is 6.07 Å². The van der Waals surface area contributed by atoms with Crippen LogP contribution in [0.25, 0.3) is 0 Å². The van der Waals surface area contributed by atoms with Gasteiger partial charge in [-0.05, 0) is 5.56 Å². The molecular formula is C8H7F4N. The van der Waals surface area contributed by atoms with E-state index in [0.717, 1.165) is 0 Å². The second kappa shape index (κ2) is 3.74. The Hall–Kier alpha value is -1.10. The molecule has 0 aliphatic heterocycles. The molecular weight excluding hydrogens is 186 g/mol. The zero-order chi connectivity index (χ0) is 9.90. The molecule has 0 N–H and O–H groups in total. The van der Waals surface area contributed by atoms with E-state index in [0.29, 0.717) is 0 Å². The highest BCUT2D eigenvalue weighted by molar-refractivity contribution is 5.15. The molecule has 72 valence electrons. The normalized spacial score (nSPS) is 12.1. The Kier molecular flexibility index (Phi) is 2.87. The Morgan fingerprint density at radius 1 is 1.08 bits per heavy atom. The lowest BCUT2D eigenvalue weighted by Gasteiger charge is -2.15. The minimum Gasteiger partial charge on any atom is -0.183 e. The molecule has 0 bridgehead atoms. The minimum atomic E-state index is -4.10. The number of nitrogens with zero attached hydrogens (tertiary/aromatic N) is 1. The third kappa shape index (κ3) is 2.69. The number of halogens is 4. The summed E-state index contributed by atoms with van der Waals surface area (Å²) in [6, 6.07) is 3.32. The topological polar surface area (TPSA) is 3.24 Å². The Morgan fingerprint density at radius 3 is 2.08 bits per heavy atom. The van der Waals surface area contributed by atoms with Gasteiger partial charge in [-0.1, -0.05) is 39.3 Å². The first-order valence-electron chi connectivity index (χ1n) is 3.56. The number of rotatable bonds is 3. The van der Waals surface area contributed by atoms with Crippen molar-refractivity contribution in [3.63, 3.8) is 0 Å². The van der Waals surface area contributed by atoms with Gasteiger partial charge in [-0.2, -0.15) is 8.78 Å². The Morgan fingerprint density at radius 2 is 1.62 bits per heavy atom. The molecule has 0 radical (unpaired) electrons. The van der Waals surface area contributed by atoms with Gasteiger partial charge in [0.1, 0.15) is 0 Å². The van der Waals surface area contributed by atoms with Gasteiger partial charge in [-0.25, -0.2) is 0 Å². The molecule has 0 spiro atoms. The van der Waals surface area contributed by atoms with E-state index >= 15 is 0 Å². The summed E-state index contributed by atoms with van der Waals surface area (Å²) in [5, 5.41) is -2.07. The predicted molar refractivity (Wildman–Crippen MR) is 39.1 cm³/mol. The van der Waals surface area contributed by atoms with Crippen molar-refractivity contribution in [3.05, 3.63) is 35.9 Å². The molecule has 1 aromatic carbocycles. The molecule has 0 saturated heterocycles. The summed E-state index contributed by atoms with van der Waals surface area (Å²) < 4.78 is 48.0. The lowest BCUT2D eigenvalue weighted by Crippen LogP contribution is -2.31. The fourth-order valence-electron chi connectivity index (χ4n) is 0.901. The highest BCUT2D eigenvalue weighted by Crippen LogP contribution is 2.25. The first kappa shape index (κ1) is 9.98. The average molecular weight is 193 g/mol. The molecule has 0 aliphatic rings. The molecule has 0 atom stereocenters. The molecule has 0 heterocycles. The third-order valence-electron chi connectivity index (χ3n) is 1.51. The first-order chi connectivity index (χ1) is 6.02. The second-order valence-corrected chi connectivity index (χ2v) is 2.56. The Bertz CT molecular complexity index is 260. The smallest absolute Gasteiger partial charge is 0.183 e. The van der Waals surface area contributed by atoms with Crippen molar-refractivity contribution < 1.29 is 17.7 Å². The van der Waals surface area contributed by atoms with Gasteiger partial charge in [0.2, 0.25) is 0 Å². The molecule has 0 aliphatic carbocycles. The van der Waals surface area contributed by atoms with Gasteiger partial charge in [-0.15, -0.1) is 0 Å². The van der Waals surface area contributed by atoms with Crippen molar-refractivity contribution in [2.24, 2.45) is 0 Å². The van der Waals surface area contributed by atoms with Gasteiger partial charge in [0.05, 0.1) is 11.8 Å². The van der Waals surface area contributed by atoms with Crippen LogP contribution in [0.5, 0.6) is 0 Å². The molecule has 13 heavy (non-hydrogen) atoms. The van der Waals surface area contributed by atoms with E-state index in [9.17, 15) is 17.7 Å². The van der Waals surface area contributed by atoms with Crippen LogP contribution in [-0.2, 0) is 6.42 Å². The van der Waals surface area contributed by atoms with Crippen molar-refractivity contribution in [1.82, 2.24) is 5.34 Å². The molecule has 5 heteroatoms. The molecule has 0 fully saturated rings. The van der Waals surface area contributed by atoms with Crippen molar-refractivity contribution in [2.75, 3.05) is 0 Å². The standard InChI is InChI=1S/C8H7F4N/c9-8(10,13(11)12)6-7-4-2-1-3-5-7/h1-5H,6H2. The Labute approximate surface area is 72.5 Å². The van der Waals surface area contributed by atoms with Gasteiger partial charge in [0.15, 0.2) is 0 Å². The monoisotopic (exact) mass is 193 g/mol. The number of hydrogen-bond donors (Lipinski definition) is 0. The zero-order valence-electron chi connectivity index (χ0n) is 6.55. The maximum Gasteiger partial charge on any atom is 0.362 e. The largest absolute Gasteiger partial charge is 0.362 e. The molecule has 1 rings (SSSR count). The first-order valence-corrected chi connectivity index (χ1v) is 3.56. The van der Waals surface area contributed by atoms with Crippen LogP contribution in [0.1, 0.15) is 5.56 Å². The highest BCUT2D eigenvalue weighted by Gasteiger charge is 2.39. The van der Waals surface area contributed by atoms with Gasteiger partial charge >= 0.3 is 6.05 Å². The fourth-order valence-corrected chi connectivity index (χ4v) is 0.901. The van der Waals surface area contributed by atoms with Gasteiger partial charge in [0, 0.05) is 0 Å². The molecule has 1 nitrogen and oxygen atoms in total. The predicted octanol–water partition coefficient (Wildman–Crippen LogP) is 2.89. The molecule has 1 aromatic rings. The van der Waals surface area contributed by atoms with E-state index in [1.165, 1.54) is 24.3 Å². The third-order valence-corrected chi connectivity index (χ3v) is 1.51. The minimum absolute atomic E-state index is 0.174. The van der Waals surface area contributed by atoms with Gasteiger partial charge in [0.25, 0.3) is 0 Å². The van der Waals surface area contributed by atoms with Crippen LogP contribution in [0.3, 0.4) is 0 Å². The van der Waals surface area contributed by atoms with Crippen molar-refractivity contribution in [2.45, 2.75) is 12.5 Å². The maximum atomic E-state index is 12.4. The van der Waals surface area contributed by atoms with Crippen LogP contribution in [-0.4, -0.2) is 11.4 Å². The van der Waals surface area contributed by atoms with E-state index < -0.39 is 17.8 Å². The summed E-state index contributed by atoms with van der Waals surface area (Å²) in [4.78, 5) is 0. The summed E-state index contributed by atoms with van der Waals surface area (Å²) in [5.41, 5.74) is 0.174. The van der Waals surface area contributed by atoms with Crippen LogP contribution in [0.4, 0.5) is 17.7 Å². The van der Waals surface area contributed by atoms with Gasteiger partial charge in [-0.3, -0.25) is 0 Å². The molecule has 0 saturated carbocycles. The lowest BCUT2D eigenvalue weighted by molar-refractivity contribution is -0.331. The van der Waals surface area contributed by atoms with E-state index in [-0.39, 0.29) is 5.56 Å². The summed E-state index contributed by atoms with van der Waals surface area (Å²) in [5.74, 6) is 0. The number of hydrogen-bond acceptors (Lipinski definition) is 1.